The van der Waals surface area contributed by atoms with Gasteiger partial charge < -0.3 is 14.2 Å². The number of benzene rings is 2. The van der Waals surface area contributed by atoms with Crippen LogP contribution in [0.2, 0.25) is 0 Å². The van der Waals surface area contributed by atoms with Crippen LogP contribution in [0.3, 0.4) is 0 Å². The third-order valence-electron chi connectivity index (χ3n) is 5.68. The number of fused-ring (bicyclic) bond motifs is 1. The molecule has 0 unspecified atom stereocenters. The van der Waals surface area contributed by atoms with Gasteiger partial charge >= 0.3 is 11.9 Å². The standard InChI is InChI=1S/C23H23NO6/c1-13-7-6-10-15(11-13)19-17-16(25)12-29-23(18(17)20(24-19)22(27)28-2)30-21(26)14-8-4-3-5-9-14/h3-11,17-20,23-24H,12H2,1-2H3/t17-,18+,19-,20-,23+/m0/s1. The quantitative estimate of drug-likeness (QED) is 0.774. The summed E-state index contributed by atoms with van der Waals surface area (Å²) in [5, 5.41) is 3.23. The number of esters is 2. The Hall–Kier alpha value is -3.03. The zero-order valence-corrected chi connectivity index (χ0v) is 16.7. The summed E-state index contributed by atoms with van der Waals surface area (Å²) in [6.07, 6.45) is -1.05. The molecule has 30 heavy (non-hydrogen) atoms. The molecule has 4 rings (SSSR count). The zero-order valence-electron chi connectivity index (χ0n) is 16.7. The molecule has 0 saturated carbocycles. The summed E-state index contributed by atoms with van der Waals surface area (Å²) in [6.45, 7) is 1.77. The molecule has 2 aliphatic heterocycles. The predicted octanol–water partition coefficient (Wildman–Crippen LogP) is 2.20. The average molecular weight is 409 g/mol. The lowest BCUT2D eigenvalue weighted by molar-refractivity contribution is -0.188. The molecule has 1 N–H and O–H groups in total. The van der Waals surface area contributed by atoms with Crippen LogP contribution in [-0.2, 0) is 23.8 Å². The third-order valence-corrected chi connectivity index (χ3v) is 5.68. The van der Waals surface area contributed by atoms with E-state index in [2.05, 4.69) is 5.32 Å². The first kappa shape index (κ1) is 20.3. The fraction of sp³-hybridized carbons (Fsp3) is 0.348. The summed E-state index contributed by atoms with van der Waals surface area (Å²) in [7, 11) is 1.29. The fourth-order valence-electron chi connectivity index (χ4n) is 4.32. The van der Waals surface area contributed by atoms with Gasteiger partial charge in [-0.2, -0.15) is 0 Å². The van der Waals surface area contributed by atoms with Crippen LogP contribution in [0.1, 0.15) is 27.5 Å². The molecule has 0 spiro atoms. The molecule has 0 bridgehead atoms. The summed E-state index contributed by atoms with van der Waals surface area (Å²) in [5.41, 5.74) is 2.30. The van der Waals surface area contributed by atoms with Crippen molar-refractivity contribution < 1.29 is 28.6 Å². The van der Waals surface area contributed by atoms with Gasteiger partial charge in [0, 0.05) is 6.04 Å². The summed E-state index contributed by atoms with van der Waals surface area (Å²) < 4.78 is 16.2. The second-order valence-corrected chi connectivity index (χ2v) is 7.58. The van der Waals surface area contributed by atoms with Crippen molar-refractivity contribution in [2.45, 2.75) is 25.3 Å². The van der Waals surface area contributed by atoms with Crippen LogP contribution < -0.4 is 5.32 Å². The van der Waals surface area contributed by atoms with Gasteiger partial charge in [0.1, 0.15) is 12.6 Å². The highest BCUT2D eigenvalue weighted by molar-refractivity contribution is 5.90. The maximum Gasteiger partial charge on any atom is 0.340 e. The van der Waals surface area contributed by atoms with Crippen molar-refractivity contribution in [3.05, 3.63) is 71.3 Å². The van der Waals surface area contributed by atoms with Crippen molar-refractivity contribution in [3.8, 4) is 0 Å². The van der Waals surface area contributed by atoms with Crippen LogP contribution in [0.4, 0.5) is 0 Å². The van der Waals surface area contributed by atoms with E-state index in [1.807, 2.05) is 31.2 Å². The summed E-state index contributed by atoms with van der Waals surface area (Å²) in [5.74, 6) is -2.52. The molecule has 0 radical (unpaired) electrons. The molecule has 0 aliphatic carbocycles. The third kappa shape index (κ3) is 3.74. The highest BCUT2D eigenvalue weighted by Crippen LogP contribution is 2.44. The number of rotatable bonds is 4. The van der Waals surface area contributed by atoms with Crippen molar-refractivity contribution in [1.29, 1.82) is 0 Å². The Morgan fingerprint density at radius 1 is 1.10 bits per heavy atom. The van der Waals surface area contributed by atoms with Gasteiger partial charge in [-0.3, -0.25) is 14.9 Å². The first-order valence-corrected chi connectivity index (χ1v) is 9.80. The van der Waals surface area contributed by atoms with Gasteiger partial charge in [0.15, 0.2) is 5.78 Å². The van der Waals surface area contributed by atoms with Crippen LogP contribution in [0, 0.1) is 18.8 Å². The maximum atomic E-state index is 12.8. The number of hydrogen-bond donors (Lipinski definition) is 1. The Labute approximate surface area is 174 Å². The summed E-state index contributed by atoms with van der Waals surface area (Å²) in [6, 6.07) is 15.0. The first-order valence-electron chi connectivity index (χ1n) is 9.80. The number of carbonyl (C=O) groups is 3. The summed E-state index contributed by atoms with van der Waals surface area (Å²) >= 11 is 0. The van der Waals surface area contributed by atoms with Gasteiger partial charge in [0.25, 0.3) is 0 Å². The molecule has 2 saturated heterocycles. The Bertz CT molecular complexity index is 959. The minimum Gasteiger partial charge on any atom is -0.468 e. The number of Topliss-reactive ketones (excluding diaryl/α,β-unsaturated/α-hetero) is 1. The van der Waals surface area contributed by atoms with Gasteiger partial charge in [-0.25, -0.2) is 4.79 Å². The number of nitrogens with one attached hydrogen (secondary N) is 1. The number of aryl methyl sites for hydroxylation is 1. The predicted molar refractivity (Wildman–Crippen MR) is 106 cm³/mol. The van der Waals surface area contributed by atoms with Crippen LogP contribution >= 0.6 is 0 Å². The maximum absolute atomic E-state index is 12.8. The number of ketones is 1. The molecule has 7 heteroatoms. The topological polar surface area (TPSA) is 90.9 Å². The molecule has 156 valence electrons. The lowest BCUT2D eigenvalue weighted by Gasteiger charge is -2.34. The molecule has 0 aromatic heterocycles. The Kier molecular flexibility index (Phi) is 5.65. The van der Waals surface area contributed by atoms with Crippen molar-refractivity contribution in [2.75, 3.05) is 13.7 Å². The lowest BCUT2D eigenvalue weighted by Crippen LogP contribution is -2.49. The van der Waals surface area contributed by atoms with Crippen molar-refractivity contribution in [2.24, 2.45) is 11.8 Å². The van der Waals surface area contributed by atoms with E-state index in [1.165, 1.54) is 7.11 Å². The molecular weight excluding hydrogens is 386 g/mol. The molecule has 7 nitrogen and oxygen atoms in total. The Morgan fingerprint density at radius 3 is 2.57 bits per heavy atom. The molecule has 2 aromatic rings. The van der Waals surface area contributed by atoms with Gasteiger partial charge in [0.2, 0.25) is 6.29 Å². The molecule has 0 amide bonds. The Morgan fingerprint density at radius 2 is 1.87 bits per heavy atom. The van der Waals surface area contributed by atoms with Gasteiger partial charge in [-0.1, -0.05) is 48.0 Å². The van der Waals surface area contributed by atoms with Gasteiger partial charge in [0.05, 0.1) is 24.5 Å². The van der Waals surface area contributed by atoms with E-state index >= 15 is 0 Å². The number of carbonyl (C=O) groups excluding carboxylic acids is 3. The van der Waals surface area contributed by atoms with E-state index in [9.17, 15) is 14.4 Å². The van der Waals surface area contributed by atoms with E-state index in [-0.39, 0.29) is 12.4 Å². The fourth-order valence-corrected chi connectivity index (χ4v) is 4.32. The monoisotopic (exact) mass is 409 g/mol. The Balaban J connectivity index is 1.67. The lowest BCUT2D eigenvalue weighted by atomic mass is 9.79. The van der Waals surface area contributed by atoms with E-state index < -0.39 is 42.1 Å². The van der Waals surface area contributed by atoms with E-state index in [0.717, 1.165) is 11.1 Å². The van der Waals surface area contributed by atoms with E-state index in [0.29, 0.717) is 5.56 Å². The zero-order chi connectivity index (χ0) is 21.3. The van der Waals surface area contributed by atoms with E-state index in [4.69, 9.17) is 14.2 Å². The number of hydrogen-bond acceptors (Lipinski definition) is 7. The first-order chi connectivity index (χ1) is 14.5. The van der Waals surface area contributed by atoms with Gasteiger partial charge in [-0.05, 0) is 24.6 Å². The van der Waals surface area contributed by atoms with Gasteiger partial charge in [-0.15, -0.1) is 0 Å². The minimum atomic E-state index is -1.05. The smallest absolute Gasteiger partial charge is 0.340 e. The summed E-state index contributed by atoms with van der Waals surface area (Å²) in [4.78, 5) is 38.0. The average Bonchev–Trinajstić information content (AvgIpc) is 3.17. The number of methoxy groups -OCH3 is 1. The molecular formula is C23H23NO6. The van der Waals surface area contributed by atoms with Crippen LogP contribution in [0.5, 0.6) is 0 Å². The second kappa shape index (κ2) is 8.38. The number of ether oxygens (including phenoxy) is 3. The molecule has 2 fully saturated rings. The van der Waals surface area contributed by atoms with Crippen LogP contribution in [0.25, 0.3) is 0 Å². The van der Waals surface area contributed by atoms with Crippen molar-refractivity contribution in [3.63, 3.8) is 0 Å². The van der Waals surface area contributed by atoms with Crippen molar-refractivity contribution >= 4 is 17.7 Å². The molecule has 2 aliphatic rings. The molecule has 5 atom stereocenters. The van der Waals surface area contributed by atoms with Crippen LogP contribution in [0.15, 0.2) is 54.6 Å². The highest BCUT2D eigenvalue weighted by Gasteiger charge is 2.57. The van der Waals surface area contributed by atoms with Crippen molar-refractivity contribution in [1.82, 2.24) is 5.32 Å². The largest absolute Gasteiger partial charge is 0.468 e. The minimum absolute atomic E-state index is 0.141. The highest BCUT2D eigenvalue weighted by atomic mass is 16.7. The molecule has 2 aromatic carbocycles. The normalized spacial score (nSPS) is 27.9. The second-order valence-electron chi connectivity index (χ2n) is 7.58. The SMILES string of the molecule is COC(=O)[C@H]1N[C@@H](c2cccc(C)c2)[C@H]2C(=O)CO[C@H](OC(=O)c3ccccc3)[C@H]21. The van der Waals surface area contributed by atoms with Crippen LogP contribution in [-0.4, -0.2) is 43.8 Å². The molecule has 2 heterocycles. The van der Waals surface area contributed by atoms with E-state index in [1.54, 1.807) is 30.3 Å².